The molecule has 1 N–H and O–H groups in total. The van der Waals surface area contributed by atoms with E-state index in [-0.39, 0.29) is 12.4 Å². The molecule has 0 saturated heterocycles. The van der Waals surface area contributed by atoms with Gasteiger partial charge in [-0.3, -0.25) is 9.89 Å². The van der Waals surface area contributed by atoms with Crippen LogP contribution in [0.3, 0.4) is 0 Å². The summed E-state index contributed by atoms with van der Waals surface area (Å²) < 4.78 is 0. The van der Waals surface area contributed by atoms with Gasteiger partial charge in [0, 0.05) is 12.8 Å². The number of allylic oxidation sites excluding steroid dienone is 1. The van der Waals surface area contributed by atoms with Crippen molar-refractivity contribution >= 4 is 6.21 Å². The molecule has 152 valence electrons. The molecule has 2 atom stereocenters. The van der Waals surface area contributed by atoms with Crippen LogP contribution in [-0.2, 0) is 0 Å². The molecule has 0 radical (unpaired) electrons. The summed E-state index contributed by atoms with van der Waals surface area (Å²) in [5, 5.41) is 9.70. The zero-order chi connectivity index (χ0) is 18.9. The highest BCUT2D eigenvalue weighted by molar-refractivity contribution is 5.62. The van der Waals surface area contributed by atoms with Crippen molar-refractivity contribution in [1.82, 2.24) is 4.90 Å². The summed E-state index contributed by atoms with van der Waals surface area (Å²) in [5.41, 5.74) is 0. The maximum atomic E-state index is 9.70. The molecule has 3 nitrogen and oxygen atoms in total. The molecule has 26 heavy (non-hydrogen) atoms. The Morgan fingerprint density at radius 1 is 0.923 bits per heavy atom. The zero-order valence-electron chi connectivity index (χ0n) is 17.4. The van der Waals surface area contributed by atoms with E-state index in [1.807, 2.05) is 19.2 Å². The van der Waals surface area contributed by atoms with E-state index in [2.05, 4.69) is 16.5 Å². The summed E-state index contributed by atoms with van der Waals surface area (Å²) in [5.74, 6) is 0. The highest BCUT2D eigenvalue weighted by atomic mass is 16.3. The number of aliphatic hydroxyl groups is 1. The van der Waals surface area contributed by atoms with Gasteiger partial charge < -0.3 is 5.11 Å². The van der Waals surface area contributed by atoms with Crippen LogP contribution in [0.15, 0.2) is 17.6 Å². The fourth-order valence-electron chi connectivity index (χ4n) is 3.85. The fraction of sp³-hybridized carbons (Fsp3) is 0.870. The van der Waals surface area contributed by atoms with Crippen molar-refractivity contribution < 1.29 is 5.11 Å². The van der Waals surface area contributed by atoms with Crippen LogP contribution in [0.4, 0.5) is 0 Å². The molecule has 0 amide bonds. The van der Waals surface area contributed by atoms with Gasteiger partial charge in [0.15, 0.2) is 0 Å². The van der Waals surface area contributed by atoms with Gasteiger partial charge in [0.05, 0.1) is 0 Å². The molecular formula is C23H44N2O. The summed E-state index contributed by atoms with van der Waals surface area (Å²) >= 11 is 0. The highest BCUT2D eigenvalue weighted by Crippen LogP contribution is 2.18. The fourth-order valence-corrected chi connectivity index (χ4v) is 3.85. The van der Waals surface area contributed by atoms with Gasteiger partial charge in [0.25, 0.3) is 0 Å². The number of aliphatic hydroxyl groups excluding tert-OH is 1. The molecule has 3 heteroatoms. The zero-order valence-corrected chi connectivity index (χ0v) is 17.4. The third-order valence-electron chi connectivity index (χ3n) is 5.55. The van der Waals surface area contributed by atoms with Crippen LogP contribution in [0.5, 0.6) is 0 Å². The average Bonchev–Trinajstić information content (AvgIpc) is 3.10. The monoisotopic (exact) mass is 364 g/mol. The van der Waals surface area contributed by atoms with E-state index in [0.29, 0.717) is 0 Å². The second-order valence-electron chi connectivity index (χ2n) is 7.96. The number of aliphatic imine (C=N–C) groups is 1. The largest absolute Gasteiger partial charge is 0.379 e. The molecule has 1 rings (SSSR count). The maximum absolute atomic E-state index is 9.70. The first-order chi connectivity index (χ1) is 12.8. The Morgan fingerprint density at radius 2 is 1.38 bits per heavy atom. The minimum Gasteiger partial charge on any atom is -0.379 e. The van der Waals surface area contributed by atoms with Crippen LogP contribution in [-0.4, -0.2) is 35.2 Å². The first-order valence-electron chi connectivity index (χ1n) is 11.3. The Morgan fingerprint density at radius 3 is 1.85 bits per heavy atom. The van der Waals surface area contributed by atoms with E-state index >= 15 is 0 Å². The molecule has 0 spiro atoms. The molecule has 1 heterocycles. The lowest BCUT2D eigenvalue weighted by Gasteiger charge is -2.25. The third-order valence-corrected chi connectivity index (χ3v) is 5.55. The molecule has 0 aromatic rings. The SMILES string of the molecule is C=CCCCCCCCCCCCCCCCCC1N=CCN1C(C)O. The Bertz CT molecular complexity index is 354. The Hall–Kier alpha value is -0.670. The number of nitrogens with zero attached hydrogens (tertiary/aromatic N) is 2. The third kappa shape index (κ3) is 11.9. The minimum atomic E-state index is -0.375. The predicted octanol–water partition coefficient (Wildman–Crippen LogP) is 6.46. The molecule has 1 aliphatic rings. The van der Waals surface area contributed by atoms with Crippen LogP contribution in [0.2, 0.25) is 0 Å². The smallest absolute Gasteiger partial charge is 0.106 e. The maximum Gasteiger partial charge on any atom is 0.106 e. The van der Waals surface area contributed by atoms with Gasteiger partial charge in [-0.2, -0.15) is 0 Å². The van der Waals surface area contributed by atoms with Crippen molar-refractivity contribution in [3.63, 3.8) is 0 Å². The molecule has 0 aromatic heterocycles. The lowest BCUT2D eigenvalue weighted by molar-refractivity contribution is 0.00710. The normalized spacial score (nSPS) is 18.5. The van der Waals surface area contributed by atoms with Crippen LogP contribution in [0.1, 0.15) is 110 Å². The van der Waals surface area contributed by atoms with E-state index < -0.39 is 0 Å². The van der Waals surface area contributed by atoms with Crippen molar-refractivity contribution in [3.05, 3.63) is 12.7 Å². The lowest BCUT2D eigenvalue weighted by atomic mass is 10.0. The molecule has 2 unspecified atom stereocenters. The van der Waals surface area contributed by atoms with Gasteiger partial charge in [-0.1, -0.05) is 83.1 Å². The number of unbranched alkanes of at least 4 members (excludes halogenated alkanes) is 14. The van der Waals surface area contributed by atoms with Gasteiger partial charge in [-0.15, -0.1) is 6.58 Å². The van der Waals surface area contributed by atoms with Crippen molar-refractivity contribution in [2.24, 2.45) is 4.99 Å². The second-order valence-corrected chi connectivity index (χ2v) is 7.96. The highest BCUT2D eigenvalue weighted by Gasteiger charge is 2.23. The topological polar surface area (TPSA) is 35.8 Å². The van der Waals surface area contributed by atoms with Crippen LogP contribution in [0, 0.1) is 0 Å². The van der Waals surface area contributed by atoms with Gasteiger partial charge in [-0.05, 0) is 32.6 Å². The molecule has 0 fully saturated rings. The summed E-state index contributed by atoms with van der Waals surface area (Å²) in [6.07, 6.45) is 25.5. The Kier molecular flexibility index (Phi) is 14.8. The number of rotatable bonds is 18. The van der Waals surface area contributed by atoms with Crippen LogP contribution < -0.4 is 0 Å². The molecule has 0 aliphatic carbocycles. The van der Waals surface area contributed by atoms with Gasteiger partial charge >= 0.3 is 0 Å². The van der Waals surface area contributed by atoms with E-state index in [9.17, 15) is 5.11 Å². The van der Waals surface area contributed by atoms with E-state index in [0.717, 1.165) is 13.0 Å². The second kappa shape index (κ2) is 16.5. The van der Waals surface area contributed by atoms with Crippen LogP contribution >= 0.6 is 0 Å². The molecule has 1 aliphatic heterocycles. The predicted molar refractivity (Wildman–Crippen MR) is 115 cm³/mol. The molecule has 0 aromatic carbocycles. The van der Waals surface area contributed by atoms with E-state index in [1.165, 1.54) is 96.3 Å². The molecule has 0 saturated carbocycles. The number of hydrogen-bond acceptors (Lipinski definition) is 3. The molecule has 0 bridgehead atoms. The minimum absolute atomic E-state index is 0.219. The van der Waals surface area contributed by atoms with Crippen molar-refractivity contribution in [3.8, 4) is 0 Å². The quantitative estimate of drug-likeness (QED) is 0.224. The summed E-state index contributed by atoms with van der Waals surface area (Å²) in [7, 11) is 0. The first-order valence-corrected chi connectivity index (χ1v) is 11.3. The van der Waals surface area contributed by atoms with Gasteiger partial charge in [0.1, 0.15) is 12.4 Å². The van der Waals surface area contributed by atoms with E-state index in [1.54, 1.807) is 0 Å². The summed E-state index contributed by atoms with van der Waals surface area (Å²) in [6, 6.07) is 0. The standard InChI is InChI=1S/C23H44N2O/c1-3-4-5-6-7-8-9-10-11-12-13-14-15-16-17-18-19-23-24-20-21-25(23)22(2)26/h3,20,22-23,26H,1,4-19,21H2,2H3. The first kappa shape index (κ1) is 23.4. The average molecular weight is 365 g/mol. The summed E-state index contributed by atoms with van der Waals surface area (Å²) in [6.45, 7) is 6.42. The Labute approximate surface area is 163 Å². The van der Waals surface area contributed by atoms with Crippen molar-refractivity contribution in [2.75, 3.05) is 6.54 Å². The van der Waals surface area contributed by atoms with Crippen LogP contribution in [0.25, 0.3) is 0 Å². The van der Waals surface area contributed by atoms with Crippen molar-refractivity contribution in [1.29, 1.82) is 0 Å². The van der Waals surface area contributed by atoms with Gasteiger partial charge in [0.2, 0.25) is 0 Å². The van der Waals surface area contributed by atoms with Gasteiger partial charge in [-0.25, -0.2) is 0 Å². The summed E-state index contributed by atoms with van der Waals surface area (Å²) in [4.78, 5) is 6.55. The number of hydrogen-bond donors (Lipinski definition) is 1. The van der Waals surface area contributed by atoms with E-state index in [4.69, 9.17) is 0 Å². The molecular weight excluding hydrogens is 320 g/mol. The lowest BCUT2D eigenvalue weighted by Crippen LogP contribution is -2.37. The Balaban J connectivity index is 1.76. The van der Waals surface area contributed by atoms with Crippen molar-refractivity contribution in [2.45, 2.75) is 122 Å².